The van der Waals surface area contributed by atoms with Gasteiger partial charge >= 0.3 is 0 Å². The second-order valence-corrected chi connectivity index (χ2v) is 3.45. The molecule has 0 unspecified atom stereocenters. The number of nitrogens with one attached hydrogen (secondary N) is 1. The number of hydrogen-bond acceptors (Lipinski definition) is 2. The molecule has 4 heteroatoms. The van der Waals surface area contributed by atoms with Gasteiger partial charge in [-0.15, -0.1) is 0 Å². The van der Waals surface area contributed by atoms with Crippen LogP contribution in [0.1, 0.15) is 11.3 Å². The molecule has 0 saturated carbocycles. The lowest BCUT2D eigenvalue weighted by atomic mass is 10.1. The highest BCUT2D eigenvalue weighted by Gasteiger charge is 2.12. The van der Waals surface area contributed by atoms with E-state index in [0.717, 1.165) is 18.7 Å². The molecule has 2 rings (SSSR count). The fourth-order valence-electron chi connectivity index (χ4n) is 1.42. The van der Waals surface area contributed by atoms with Crippen LogP contribution in [-0.4, -0.2) is 5.27 Å². The van der Waals surface area contributed by atoms with Crippen LogP contribution in [-0.2, 0) is 13.0 Å². The third-order valence-corrected chi connectivity index (χ3v) is 2.40. The maximum atomic E-state index is 7.37. The Morgan fingerprint density at radius 3 is 2.67 bits per heavy atom. The third-order valence-electron chi connectivity index (χ3n) is 2.40. The summed E-state index contributed by atoms with van der Waals surface area (Å²) in [7, 11) is 0. The molecular formula is C11H13N3O. The van der Waals surface area contributed by atoms with Crippen LogP contribution in [0.4, 0.5) is 5.88 Å². The van der Waals surface area contributed by atoms with Gasteiger partial charge in [0.25, 0.3) is 0 Å². The number of hydrogen-bond donors (Lipinski definition) is 0. The maximum absolute atomic E-state index is 7.37. The van der Waals surface area contributed by atoms with Crippen LogP contribution in [0.15, 0.2) is 34.9 Å². The summed E-state index contributed by atoms with van der Waals surface area (Å²) in [4.78, 5) is 0. The first-order valence-corrected chi connectivity index (χ1v) is 4.89. The highest BCUT2D eigenvalue weighted by atomic mass is 16.5. The minimum Gasteiger partial charge on any atom is -0.660 e. The Labute approximate surface area is 88.3 Å². The monoisotopic (exact) mass is 203 g/mol. The Morgan fingerprint density at radius 1 is 1.33 bits per heavy atom. The van der Waals surface area contributed by atoms with E-state index in [4.69, 9.17) is 10.3 Å². The van der Waals surface area contributed by atoms with Crippen molar-refractivity contribution in [3.8, 4) is 0 Å². The number of rotatable bonds is 3. The van der Waals surface area contributed by atoms with E-state index >= 15 is 0 Å². The second-order valence-electron chi connectivity index (χ2n) is 3.45. The first-order chi connectivity index (χ1) is 7.27. The Balaban J connectivity index is 2.02. The van der Waals surface area contributed by atoms with Crippen molar-refractivity contribution in [3.63, 3.8) is 0 Å². The predicted octanol–water partition coefficient (Wildman–Crippen LogP) is 2.20. The molecule has 2 aromatic rings. The summed E-state index contributed by atoms with van der Waals surface area (Å²) in [6.45, 7) is 2.59. The smallest absolute Gasteiger partial charge is 0.231 e. The van der Waals surface area contributed by atoms with Gasteiger partial charge in [0.1, 0.15) is 5.88 Å². The highest BCUT2D eigenvalue weighted by Crippen LogP contribution is 2.10. The SMILES string of the molecule is Cc1c([NH-])on[n+]1CCc1ccccc1. The van der Waals surface area contributed by atoms with E-state index in [9.17, 15) is 0 Å². The van der Waals surface area contributed by atoms with Crippen molar-refractivity contribution < 1.29 is 9.20 Å². The Hall–Kier alpha value is -1.84. The summed E-state index contributed by atoms with van der Waals surface area (Å²) in [5, 5.41) is 3.78. The molecule has 0 aliphatic carbocycles. The van der Waals surface area contributed by atoms with Gasteiger partial charge in [0.15, 0.2) is 11.8 Å². The van der Waals surface area contributed by atoms with Gasteiger partial charge in [-0.1, -0.05) is 35.0 Å². The van der Waals surface area contributed by atoms with Crippen molar-refractivity contribution in [2.45, 2.75) is 19.9 Å². The lowest BCUT2D eigenvalue weighted by molar-refractivity contribution is -0.766. The summed E-state index contributed by atoms with van der Waals surface area (Å²) in [5.41, 5.74) is 9.41. The molecule has 0 aliphatic rings. The molecule has 78 valence electrons. The van der Waals surface area contributed by atoms with Crippen molar-refractivity contribution in [3.05, 3.63) is 47.3 Å². The summed E-state index contributed by atoms with van der Waals surface area (Å²) in [6, 6.07) is 10.2. The molecule has 0 atom stereocenters. The minimum absolute atomic E-state index is 0.142. The van der Waals surface area contributed by atoms with Gasteiger partial charge in [0.2, 0.25) is 5.69 Å². The zero-order valence-electron chi connectivity index (χ0n) is 8.60. The molecule has 15 heavy (non-hydrogen) atoms. The van der Waals surface area contributed by atoms with Crippen molar-refractivity contribution >= 4 is 5.88 Å². The lowest BCUT2D eigenvalue weighted by Crippen LogP contribution is -2.38. The van der Waals surface area contributed by atoms with Crippen molar-refractivity contribution in [2.75, 3.05) is 0 Å². The Morgan fingerprint density at radius 2 is 2.07 bits per heavy atom. The van der Waals surface area contributed by atoms with E-state index in [-0.39, 0.29) is 5.88 Å². The van der Waals surface area contributed by atoms with Gasteiger partial charge < -0.3 is 10.3 Å². The van der Waals surface area contributed by atoms with Gasteiger partial charge in [-0.25, -0.2) is 0 Å². The third kappa shape index (κ3) is 2.15. The van der Waals surface area contributed by atoms with Crippen LogP contribution in [0.25, 0.3) is 5.73 Å². The lowest BCUT2D eigenvalue weighted by Gasteiger charge is -1.95. The van der Waals surface area contributed by atoms with E-state index in [0.29, 0.717) is 0 Å². The van der Waals surface area contributed by atoms with Gasteiger partial charge in [0, 0.05) is 13.3 Å². The molecule has 0 saturated heterocycles. The summed E-state index contributed by atoms with van der Waals surface area (Å²) < 4.78 is 6.48. The fraction of sp³-hybridized carbons (Fsp3) is 0.273. The second kappa shape index (κ2) is 4.13. The van der Waals surface area contributed by atoms with Crippen molar-refractivity contribution in [1.29, 1.82) is 0 Å². The normalized spacial score (nSPS) is 10.5. The summed E-state index contributed by atoms with van der Waals surface area (Å²) in [6.07, 6.45) is 0.901. The minimum atomic E-state index is 0.142. The first-order valence-electron chi connectivity index (χ1n) is 4.89. The molecule has 1 aromatic carbocycles. The van der Waals surface area contributed by atoms with Gasteiger partial charge in [-0.2, -0.15) is 0 Å². The molecule has 0 bridgehead atoms. The molecule has 1 aromatic heterocycles. The molecule has 0 aliphatic heterocycles. The zero-order chi connectivity index (χ0) is 10.7. The maximum Gasteiger partial charge on any atom is 0.231 e. The van der Waals surface area contributed by atoms with E-state index < -0.39 is 0 Å². The van der Waals surface area contributed by atoms with E-state index in [1.54, 1.807) is 4.68 Å². The van der Waals surface area contributed by atoms with Crippen molar-refractivity contribution in [2.24, 2.45) is 0 Å². The summed E-state index contributed by atoms with van der Waals surface area (Å²) in [5.74, 6) is 0.142. The topological polar surface area (TPSA) is 53.7 Å². The molecule has 4 nitrogen and oxygen atoms in total. The van der Waals surface area contributed by atoms with Crippen LogP contribution in [0.2, 0.25) is 0 Å². The number of benzene rings is 1. The van der Waals surface area contributed by atoms with Crippen LogP contribution in [0.3, 0.4) is 0 Å². The highest BCUT2D eigenvalue weighted by molar-refractivity contribution is 5.29. The molecule has 0 spiro atoms. The Kier molecular flexibility index (Phi) is 2.67. The zero-order valence-corrected chi connectivity index (χ0v) is 8.60. The van der Waals surface area contributed by atoms with Crippen LogP contribution in [0.5, 0.6) is 0 Å². The van der Waals surface area contributed by atoms with Crippen LogP contribution < -0.4 is 4.68 Å². The molecule has 1 heterocycles. The quantitative estimate of drug-likeness (QED) is 0.718. The largest absolute Gasteiger partial charge is 0.660 e. The van der Waals surface area contributed by atoms with Crippen LogP contribution >= 0.6 is 0 Å². The standard InChI is InChI=1S/C11H13N3O/c1-9-11(12)15-13-14(9)8-7-10-5-3-2-4-6-10/h2-6,12H,7-8H2,1H3. The fourth-order valence-corrected chi connectivity index (χ4v) is 1.42. The molecular weight excluding hydrogens is 190 g/mol. The number of nitrogens with zero attached hydrogens (tertiary/aromatic N) is 2. The Bertz CT molecular complexity index is 436. The average molecular weight is 203 g/mol. The molecule has 1 N–H and O–H groups in total. The van der Waals surface area contributed by atoms with Crippen LogP contribution in [0, 0.1) is 6.92 Å². The first kappa shape index (κ1) is 9.71. The summed E-state index contributed by atoms with van der Waals surface area (Å²) >= 11 is 0. The molecule has 0 amide bonds. The number of aryl methyl sites for hydroxylation is 2. The van der Waals surface area contributed by atoms with Gasteiger partial charge in [-0.3, -0.25) is 0 Å². The van der Waals surface area contributed by atoms with Gasteiger partial charge in [0.05, 0.1) is 0 Å². The molecule has 0 radical (unpaired) electrons. The van der Waals surface area contributed by atoms with Gasteiger partial charge in [-0.05, 0) is 5.56 Å². The number of aromatic nitrogens is 2. The van der Waals surface area contributed by atoms with E-state index in [1.807, 2.05) is 25.1 Å². The van der Waals surface area contributed by atoms with E-state index in [1.165, 1.54) is 5.56 Å². The average Bonchev–Trinajstić information content (AvgIpc) is 2.59. The predicted molar refractivity (Wildman–Crippen MR) is 55.6 cm³/mol. The van der Waals surface area contributed by atoms with Crippen molar-refractivity contribution in [1.82, 2.24) is 5.27 Å². The van der Waals surface area contributed by atoms with E-state index in [2.05, 4.69) is 17.4 Å². The molecule has 0 fully saturated rings.